The molecule has 2 aromatic carbocycles. The SMILES string of the molecule is Cc1ccc(N(CCC#N)C(=O)COC(=O)C2(c3ccc(Cl)cc3)CC2)cc1. The van der Waals surface area contributed by atoms with Gasteiger partial charge in [0.1, 0.15) is 0 Å². The molecule has 144 valence electrons. The summed E-state index contributed by atoms with van der Waals surface area (Å²) in [5.74, 6) is -0.744. The highest BCUT2D eigenvalue weighted by atomic mass is 35.5. The van der Waals surface area contributed by atoms with Crippen molar-refractivity contribution in [3.05, 3.63) is 64.7 Å². The van der Waals surface area contributed by atoms with Crippen LogP contribution < -0.4 is 4.90 Å². The number of esters is 1. The minimum absolute atomic E-state index is 0.197. The van der Waals surface area contributed by atoms with Gasteiger partial charge in [0.05, 0.1) is 17.9 Å². The normalized spacial score (nSPS) is 14.0. The molecule has 0 N–H and O–H groups in total. The van der Waals surface area contributed by atoms with E-state index in [1.807, 2.05) is 49.4 Å². The van der Waals surface area contributed by atoms with Crippen LogP contribution >= 0.6 is 11.6 Å². The monoisotopic (exact) mass is 396 g/mol. The molecule has 28 heavy (non-hydrogen) atoms. The molecule has 0 heterocycles. The molecule has 0 unspecified atom stereocenters. The second-order valence-electron chi connectivity index (χ2n) is 6.95. The molecule has 1 amide bonds. The lowest BCUT2D eigenvalue weighted by atomic mass is 9.96. The summed E-state index contributed by atoms with van der Waals surface area (Å²) in [5, 5.41) is 9.49. The summed E-state index contributed by atoms with van der Waals surface area (Å²) in [4.78, 5) is 26.8. The van der Waals surface area contributed by atoms with Crippen molar-refractivity contribution in [3.8, 4) is 6.07 Å². The third kappa shape index (κ3) is 4.35. The Morgan fingerprint density at radius 2 is 1.79 bits per heavy atom. The number of benzene rings is 2. The first-order valence-electron chi connectivity index (χ1n) is 9.13. The number of carbonyl (C=O) groups excluding carboxylic acids is 2. The Labute approximate surface area is 169 Å². The van der Waals surface area contributed by atoms with Gasteiger partial charge in [-0.3, -0.25) is 9.59 Å². The summed E-state index contributed by atoms with van der Waals surface area (Å²) >= 11 is 5.92. The molecule has 0 aliphatic heterocycles. The first kappa shape index (κ1) is 19.9. The number of amides is 1. The van der Waals surface area contributed by atoms with Crippen LogP contribution in [0.25, 0.3) is 0 Å². The Morgan fingerprint density at radius 3 is 2.36 bits per heavy atom. The van der Waals surface area contributed by atoms with Gasteiger partial charge in [-0.2, -0.15) is 5.26 Å². The van der Waals surface area contributed by atoms with Crippen molar-refractivity contribution in [2.75, 3.05) is 18.1 Å². The molecule has 3 rings (SSSR count). The van der Waals surface area contributed by atoms with Crippen molar-refractivity contribution in [1.29, 1.82) is 5.26 Å². The third-order valence-corrected chi connectivity index (χ3v) is 5.21. The topological polar surface area (TPSA) is 70.4 Å². The Kier molecular flexibility index (Phi) is 6.01. The maximum atomic E-state index is 12.7. The van der Waals surface area contributed by atoms with Crippen LogP contribution in [0.5, 0.6) is 0 Å². The average molecular weight is 397 g/mol. The van der Waals surface area contributed by atoms with E-state index in [0.29, 0.717) is 23.6 Å². The fraction of sp³-hybridized carbons (Fsp3) is 0.318. The second-order valence-corrected chi connectivity index (χ2v) is 7.39. The van der Waals surface area contributed by atoms with E-state index in [0.717, 1.165) is 11.1 Å². The molecule has 0 atom stereocenters. The summed E-state index contributed by atoms with van der Waals surface area (Å²) in [6.07, 6.45) is 1.58. The van der Waals surface area contributed by atoms with Crippen LogP contribution in [0.3, 0.4) is 0 Å². The molecule has 1 fully saturated rings. The van der Waals surface area contributed by atoms with Crippen molar-refractivity contribution < 1.29 is 14.3 Å². The molecule has 0 bridgehead atoms. The predicted octanol–water partition coefficient (Wildman–Crippen LogP) is 4.17. The number of rotatable bonds is 7. The Balaban J connectivity index is 1.67. The quantitative estimate of drug-likeness (QED) is 0.658. The summed E-state index contributed by atoms with van der Waals surface area (Å²) in [6, 6.07) is 16.6. The number of carbonyl (C=O) groups is 2. The number of nitrogens with zero attached hydrogens (tertiary/aromatic N) is 2. The second kappa shape index (κ2) is 8.45. The van der Waals surface area contributed by atoms with Crippen LogP contribution in [0, 0.1) is 18.3 Å². The van der Waals surface area contributed by atoms with Crippen molar-refractivity contribution in [2.45, 2.75) is 31.6 Å². The maximum Gasteiger partial charge on any atom is 0.317 e. The summed E-state index contributed by atoms with van der Waals surface area (Å²) in [7, 11) is 0. The number of ether oxygens (including phenoxy) is 1. The van der Waals surface area contributed by atoms with E-state index in [4.69, 9.17) is 21.6 Å². The average Bonchev–Trinajstić information content (AvgIpc) is 3.50. The first-order valence-corrected chi connectivity index (χ1v) is 9.51. The predicted molar refractivity (Wildman–Crippen MR) is 107 cm³/mol. The highest BCUT2D eigenvalue weighted by molar-refractivity contribution is 6.30. The Morgan fingerprint density at radius 1 is 1.14 bits per heavy atom. The van der Waals surface area contributed by atoms with E-state index in [2.05, 4.69) is 0 Å². The van der Waals surface area contributed by atoms with Crippen LogP contribution in [-0.4, -0.2) is 25.0 Å². The molecule has 0 radical (unpaired) electrons. The Bertz CT molecular complexity index is 897. The molecule has 0 spiro atoms. The van der Waals surface area contributed by atoms with Gasteiger partial charge in [0, 0.05) is 17.3 Å². The van der Waals surface area contributed by atoms with Gasteiger partial charge in [0.2, 0.25) is 0 Å². The third-order valence-electron chi connectivity index (χ3n) is 4.96. The Hall–Kier alpha value is -2.84. The van der Waals surface area contributed by atoms with E-state index in [1.54, 1.807) is 12.1 Å². The lowest BCUT2D eigenvalue weighted by molar-refractivity contribution is -0.150. The van der Waals surface area contributed by atoms with E-state index in [-0.39, 0.29) is 25.5 Å². The summed E-state index contributed by atoms with van der Waals surface area (Å²) in [5.41, 5.74) is 1.93. The van der Waals surface area contributed by atoms with Gasteiger partial charge in [-0.1, -0.05) is 41.4 Å². The summed E-state index contributed by atoms with van der Waals surface area (Å²) < 4.78 is 5.38. The van der Waals surface area contributed by atoms with Gasteiger partial charge >= 0.3 is 5.97 Å². The van der Waals surface area contributed by atoms with Crippen LogP contribution in [0.2, 0.25) is 5.02 Å². The number of halogens is 1. The van der Waals surface area contributed by atoms with Crippen LogP contribution in [0.15, 0.2) is 48.5 Å². The van der Waals surface area contributed by atoms with Crippen molar-refractivity contribution in [2.24, 2.45) is 0 Å². The van der Waals surface area contributed by atoms with E-state index in [1.165, 1.54) is 4.90 Å². The van der Waals surface area contributed by atoms with Gasteiger partial charge in [-0.25, -0.2) is 0 Å². The standard InChI is InChI=1S/C22H21ClN2O3/c1-16-3-9-19(10-4-16)25(14-2-13-24)20(26)15-28-21(27)22(11-12-22)17-5-7-18(23)8-6-17/h3-10H,2,11-12,14-15H2,1H3. The van der Waals surface area contributed by atoms with E-state index >= 15 is 0 Å². The molecule has 5 nitrogen and oxygen atoms in total. The number of nitriles is 1. The molecule has 1 aliphatic rings. The zero-order chi connectivity index (χ0) is 20.1. The van der Waals surface area contributed by atoms with Crippen LogP contribution in [0.1, 0.15) is 30.4 Å². The number of hydrogen-bond donors (Lipinski definition) is 0. The molecule has 1 saturated carbocycles. The molecular weight excluding hydrogens is 376 g/mol. The highest BCUT2D eigenvalue weighted by Crippen LogP contribution is 2.49. The van der Waals surface area contributed by atoms with Gasteiger partial charge in [-0.15, -0.1) is 0 Å². The fourth-order valence-corrected chi connectivity index (χ4v) is 3.26. The number of aryl methyl sites for hydroxylation is 1. The van der Waals surface area contributed by atoms with Crippen molar-refractivity contribution >= 4 is 29.2 Å². The molecule has 0 saturated heterocycles. The molecule has 6 heteroatoms. The number of hydrogen-bond acceptors (Lipinski definition) is 4. The summed E-state index contributed by atoms with van der Waals surface area (Å²) in [6.45, 7) is 1.85. The maximum absolute atomic E-state index is 12.7. The smallest absolute Gasteiger partial charge is 0.317 e. The largest absolute Gasteiger partial charge is 0.455 e. The molecule has 0 aromatic heterocycles. The lowest BCUT2D eigenvalue weighted by Crippen LogP contribution is -2.36. The van der Waals surface area contributed by atoms with E-state index < -0.39 is 11.4 Å². The molecule has 2 aromatic rings. The highest BCUT2D eigenvalue weighted by Gasteiger charge is 2.52. The van der Waals surface area contributed by atoms with Gasteiger partial charge < -0.3 is 9.64 Å². The zero-order valence-corrected chi connectivity index (χ0v) is 16.4. The lowest BCUT2D eigenvalue weighted by Gasteiger charge is -2.22. The van der Waals surface area contributed by atoms with Crippen LogP contribution in [-0.2, 0) is 19.7 Å². The number of anilines is 1. The van der Waals surface area contributed by atoms with Gasteiger partial charge in [0.15, 0.2) is 6.61 Å². The van der Waals surface area contributed by atoms with Crippen LogP contribution in [0.4, 0.5) is 5.69 Å². The fourth-order valence-electron chi connectivity index (χ4n) is 3.13. The van der Waals surface area contributed by atoms with Crippen molar-refractivity contribution in [3.63, 3.8) is 0 Å². The minimum atomic E-state index is -0.674. The molecule has 1 aliphatic carbocycles. The molecular formula is C22H21ClN2O3. The minimum Gasteiger partial charge on any atom is -0.455 e. The van der Waals surface area contributed by atoms with E-state index in [9.17, 15) is 9.59 Å². The van der Waals surface area contributed by atoms with Gasteiger partial charge in [0.25, 0.3) is 5.91 Å². The van der Waals surface area contributed by atoms with Gasteiger partial charge in [-0.05, 0) is 49.6 Å². The zero-order valence-electron chi connectivity index (χ0n) is 15.7. The first-order chi connectivity index (χ1) is 13.5. The van der Waals surface area contributed by atoms with Crippen molar-refractivity contribution in [1.82, 2.24) is 0 Å².